The summed E-state index contributed by atoms with van der Waals surface area (Å²) in [6, 6.07) is 13.2. The van der Waals surface area contributed by atoms with E-state index >= 15 is 0 Å². The van der Waals surface area contributed by atoms with E-state index in [1.165, 1.54) is 0 Å². The van der Waals surface area contributed by atoms with Gasteiger partial charge < -0.3 is 36.7 Å². The van der Waals surface area contributed by atoms with Crippen LogP contribution in [0.2, 0.25) is 0 Å². The number of nitrogens with two attached hydrogens (primary N) is 3. The maximum atomic E-state index is 10.1. The van der Waals surface area contributed by atoms with Gasteiger partial charge in [-0.05, 0) is 30.3 Å². The fraction of sp³-hybridized carbons (Fsp3) is 0.400. The third-order valence-electron chi connectivity index (χ3n) is 5.94. The van der Waals surface area contributed by atoms with E-state index in [0.717, 1.165) is 49.4 Å². The van der Waals surface area contributed by atoms with E-state index in [-0.39, 0.29) is 17.7 Å². The fourth-order valence-corrected chi connectivity index (χ4v) is 4.17. The van der Waals surface area contributed by atoms with Gasteiger partial charge in [-0.3, -0.25) is 4.90 Å². The number of guanidine groups is 1. The topological polar surface area (TPSA) is 161 Å². The quantitative estimate of drug-likeness (QED) is 0.172. The highest BCUT2D eigenvalue weighted by Crippen LogP contribution is 2.32. The zero-order valence-corrected chi connectivity index (χ0v) is 20.3. The van der Waals surface area contributed by atoms with Crippen LogP contribution in [-0.2, 0) is 9.47 Å². The maximum Gasteiger partial charge on any atom is 0.253 e. The molecule has 0 amide bonds. The Balaban J connectivity index is 1.43. The summed E-state index contributed by atoms with van der Waals surface area (Å²) < 4.78 is 11.0. The predicted octanol–water partition coefficient (Wildman–Crippen LogP) is 1.02. The Kier molecular flexibility index (Phi) is 8.85. The first-order valence-electron chi connectivity index (χ1n) is 12.1. The van der Waals surface area contributed by atoms with Gasteiger partial charge in [-0.25, -0.2) is 9.97 Å². The molecule has 11 nitrogen and oxygen atoms in total. The third-order valence-corrected chi connectivity index (χ3v) is 5.94. The molecule has 3 aromatic rings. The van der Waals surface area contributed by atoms with E-state index in [0.29, 0.717) is 44.2 Å². The highest BCUT2D eigenvalue weighted by Gasteiger charge is 2.18. The van der Waals surface area contributed by atoms with E-state index in [1.54, 1.807) is 18.2 Å². The largest absolute Gasteiger partial charge is 0.508 e. The molecule has 1 aliphatic heterocycles. The van der Waals surface area contributed by atoms with E-state index in [9.17, 15) is 5.11 Å². The number of aromatic hydroxyl groups is 1. The van der Waals surface area contributed by atoms with Crippen LogP contribution in [0.4, 0.5) is 11.6 Å². The highest BCUT2D eigenvalue weighted by molar-refractivity contribution is 5.94. The normalized spacial score (nSPS) is 14.3. The van der Waals surface area contributed by atoms with E-state index in [4.69, 9.17) is 26.7 Å². The number of fused-ring (bicyclic) bond motifs is 1. The Morgan fingerprint density at radius 1 is 0.944 bits per heavy atom. The van der Waals surface area contributed by atoms with Gasteiger partial charge >= 0.3 is 0 Å². The average molecular weight is 495 g/mol. The molecule has 11 heteroatoms. The molecule has 4 rings (SSSR count). The van der Waals surface area contributed by atoms with Crippen LogP contribution in [0.5, 0.6) is 5.75 Å². The molecule has 192 valence electrons. The molecule has 0 atom stereocenters. The third kappa shape index (κ3) is 6.79. The second kappa shape index (κ2) is 12.5. The number of aromatic nitrogens is 2. The van der Waals surface area contributed by atoms with Crippen LogP contribution in [0.15, 0.2) is 47.5 Å². The summed E-state index contributed by atoms with van der Waals surface area (Å²) in [7, 11) is 0. The van der Waals surface area contributed by atoms with Crippen LogP contribution in [0.25, 0.3) is 22.2 Å². The van der Waals surface area contributed by atoms with E-state index in [1.807, 2.05) is 12.1 Å². The number of phenolic OH excluding ortho intramolecular Hbond substituents is 1. The zero-order valence-electron chi connectivity index (χ0n) is 20.3. The van der Waals surface area contributed by atoms with Crippen molar-refractivity contribution >= 4 is 28.5 Å². The van der Waals surface area contributed by atoms with E-state index in [2.05, 4.69) is 36.9 Å². The molecule has 1 aliphatic rings. The Hall–Kier alpha value is -3.51. The molecule has 2 heterocycles. The first-order valence-corrected chi connectivity index (χ1v) is 12.1. The van der Waals surface area contributed by atoms with Gasteiger partial charge in [-0.15, -0.1) is 0 Å². The number of ether oxygens (including phenoxy) is 2. The molecule has 0 aliphatic carbocycles. The van der Waals surface area contributed by atoms with Crippen molar-refractivity contribution in [3.8, 4) is 17.0 Å². The van der Waals surface area contributed by atoms with Gasteiger partial charge in [0.1, 0.15) is 5.75 Å². The van der Waals surface area contributed by atoms with Crippen molar-refractivity contribution in [1.29, 1.82) is 0 Å². The SMILES string of the molecule is NCCOCCOCCN1CCN(c2cccc(-c3nc(N=C(N)N)nc4ccc(O)cc34)c2)CC1. The van der Waals surface area contributed by atoms with Crippen molar-refractivity contribution < 1.29 is 14.6 Å². The van der Waals surface area contributed by atoms with Crippen LogP contribution in [-0.4, -0.2) is 91.6 Å². The molecule has 7 N–H and O–H groups in total. The van der Waals surface area contributed by atoms with Gasteiger partial charge in [0.25, 0.3) is 5.95 Å². The Morgan fingerprint density at radius 2 is 1.72 bits per heavy atom. The molecule has 2 aromatic carbocycles. The lowest BCUT2D eigenvalue weighted by Gasteiger charge is -2.36. The monoisotopic (exact) mass is 494 g/mol. The van der Waals surface area contributed by atoms with Crippen LogP contribution < -0.4 is 22.1 Å². The summed E-state index contributed by atoms with van der Waals surface area (Å²) in [6.45, 7) is 7.59. The first-order chi connectivity index (χ1) is 17.5. The molecule has 36 heavy (non-hydrogen) atoms. The van der Waals surface area contributed by atoms with Crippen LogP contribution in [0.1, 0.15) is 0 Å². The number of phenols is 1. The molecular weight excluding hydrogens is 460 g/mol. The summed E-state index contributed by atoms with van der Waals surface area (Å²) in [5.74, 6) is 0.202. The molecule has 0 saturated carbocycles. The van der Waals surface area contributed by atoms with Crippen molar-refractivity contribution in [2.24, 2.45) is 22.2 Å². The molecule has 0 spiro atoms. The molecule has 0 bridgehead atoms. The zero-order chi connectivity index (χ0) is 25.3. The number of nitrogens with zero attached hydrogens (tertiary/aromatic N) is 5. The molecule has 0 radical (unpaired) electrons. The lowest BCUT2D eigenvalue weighted by atomic mass is 10.0. The summed E-state index contributed by atoms with van der Waals surface area (Å²) in [5.41, 5.74) is 19.8. The average Bonchev–Trinajstić information content (AvgIpc) is 2.88. The second-order valence-corrected chi connectivity index (χ2v) is 8.50. The van der Waals surface area contributed by atoms with Gasteiger partial charge in [0, 0.05) is 55.9 Å². The molecule has 1 fully saturated rings. The summed E-state index contributed by atoms with van der Waals surface area (Å²) in [4.78, 5) is 17.8. The predicted molar refractivity (Wildman–Crippen MR) is 141 cm³/mol. The number of hydrogen-bond acceptors (Lipinski definition) is 9. The van der Waals surface area contributed by atoms with Gasteiger partial charge in [0.15, 0.2) is 5.96 Å². The van der Waals surface area contributed by atoms with Gasteiger partial charge in [-0.1, -0.05) is 12.1 Å². The number of anilines is 1. The summed E-state index contributed by atoms with van der Waals surface area (Å²) in [5, 5.41) is 10.8. The lowest BCUT2D eigenvalue weighted by Crippen LogP contribution is -2.47. The molecule has 0 unspecified atom stereocenters. The lowest BCUT2D eigenvalue weighted by molar-refractivity contribution is 0.0405. The Labute approximate surface area is 210 Å². The second-order valence-electron chi connectivity index (χ2n) is 8.50. The van der Waals surface area contributed by atoms with Crippen LogP contribution in [0, 0.1) is 0 Å². The number of benzene rings is 2. The Bertz CT molecular complexity index is 1180. The maximum absolute atomic E-state index is 10.1. The fourth-order valence-electron chi connectivity index (χ4n) is 4.17. The first kappa shape index (κ1) is 25.6. The number of rotatable bonds is 11. The van der Waals surface area contributed by atoms with Crippen LogP contribution in [0.3, 0.4) is 0 Å². The van der Waals surface area contributed by atoms with Crippen molar-refractivity contribution in [2.75, 3.05) is 70.6 Å². The summed E-state index contributed by atoms with van der Waals surface area (Å²) >= 11 is 0. The molecular formula is C25H34N8O3. The standard InChI is InChI=1S/C25H34N8O3/c26-6-12-35-14-15-36-13-11-32-7-9-33(10-8-32)19-3-1-2-18(16-19)23-21-17-20(34)4-5-22(21)29-25(30-23)31-24(27)28/h1-5,16-17,34H,6-15,26H2,(H4,27,28,29,30,31). The number of piperazine rings is 1. The minimum Gasteiger partial charge on any atom is -0.508 e. The van der Waals surface area contributed by atoms with E-state index < -0.39 is 0 Å². The van der Waals surface area contributed by atoms with Crippen molar-refractivity contribution in [3.05, 3.63) is 42.5 Å². The van der Waals surface area contributed by atoms with Gasteiger partial charge in [0.05, 0.1) is 37.6 Å². The van der Waals surface area contributed by atoms with Crippen molar-refractivity contribution in [1.82, 2.24) is 14.9 Å². The molecule has 1 aromatic heterocycles. The smallest absolute Gasteiger partial charge is 0.253 e. The minimum absolute atomic E-state index is 0.115. The van der Waals surface area contributed by atoms with Gasteiger partial charge in [0.2, 0.25) is 0 Å². The Morgan fingerprint density at radius 3 is 2.47 bits per heavy atom. The minimum atomic E-state index is -0.115. The van der Waals surface area contributed by atoms with Gasteiger partial charge in [-0.2, -0.15) is 4.99 Å². The number of hydrogen-bond donors (Lipinski definition) is 4. The number of aliphatic imine (C=N–C) groups is 1. The van der Waals surface area contributed by atoms with Crippen LogP contribution >= 0.6 is 0 Å². The summed E-state index contributed by atoms with van der Waals surface area (Å²) in [6.07, 6.45) is 0. The highest BCUT2D eigenvalue weighted by atomic mass is 16.5. The molecule has 1 saturated heterocycles. The van der Waals surface area contributed by atoms with Crippen molar-refractivity contribution in [2.45, 2.75) is 0 Å². The van der Waals surface area contributed by atoms with Crippen molar-refractivity contribution in [3.63, 3.8) is 0 Å².